The summed E-state index contributed by atoms with van der Waals surface area (Å²) in [6, 6.07) is 0. The average Bonchev–Trinajstić information content (AvgIpc) is 2.40. The van der Waals surface area contributed by atoms with Crippen LogP contribution in [0, 0.1) is 5.41 Å². The third kappa shape index (κ3) is 0.956. The molecule has 0 bridgehead atoms. The Labute approximate surface area is 55.6 Å². The van der Waals surface area contributed by atoms with Crippen LogP contribution in [0.3, 0.4) is 0 Å². The van der Waals surface area contributed by atoms with Crippen LogP contribution >= 0.6 is 0 Å². The van der Waals surface area contributed by atoms with Crippen LogP contribution in [0.4, 0.5) is 0 Å². The summed E-state index contributed by atoms with van der Waals surface area (Å²) in [6.45, 7) is 2.08. The maximum Gasteiger partial charge on any atom is 0.121 e. The Hall–Kier alpha value is -0.120. The minimum absolute atomic E-state index is 0.0625. The number of hydrogen-bond donors (Lipinski definition) is 3. The van der Waals surface area contributed by atoms with E-state index in [1.54, 1.807) is 0 Å². The Morgan fingerprint density at radius 1 is 1.33 bits per heavy atom. The molecule has 0 aromatic heterocycles. The SMILES string of the molecule is CCC1(C(N)(N)N)CC1. The van der Waals surface area contributed by atoms with E-state index in [2.05, 4.69) is 6.92 Å². The van der Waals surface area contributed by atoms with Crippen molar-refractivity contribution in [2.45, 2.75) is 32.0 Å². The van der Waals surface area contributed by atoms with E-state index in [1.165, 1.54) is 0 Å². The Bertz CT molecular complexity index is 110. The monoisotopic (exact) mass is 129 g/mol. The van der Waals surface area contributed by atoms with Crippen LogP contribution < -0.4 is 17.2 Å². The van der Waals surface area contributed by atoms with Gasteiger partial charge in [0.25, 0.3) is 0 Å². The van der Waals surface area contributed by atoms with E-state index in [9.17, 15) is 0 Å². The summed E-state index contributed by atoms with van der Waals surface area (Å²) in [5.41, 5.74) is 16.7. The minimum Gasteiger partial charge on any atom is -0.301 e. The molecule has 0 radical (unpaired) electrons. The van der Waals surface area contributed by atoms with Gasteiger partial charge in [0, 0.05) is 5.41 Å². The lowest BCUT2D eigenvalue weighted by Crippen LogP contribution is -2.64. The van der Waals surface area contributed by atoms with Gasteiger partial charge >= 0.3 is 0 Å². The van der Waals surface area contributed by atoms with Gasteiger partial charge in [-0.3, -0.25) is 0 Å². The maximum absolute atomic E-state index is 5.54. The fourth-order valence-electron chi connectivity index (χ4n) is 1.24. The average molecular weight is 129 g/mol. The van der Waals surface area contributed by atoms with E-state index in [0.717, 1.165) is 19.3 Å². The van der Waals surface area contributed by atoms with Crippen LogP contribution in [0.25, 0.3) is 0 Å². The second kappa shape index (κ2) is 1.68. The van der Waals surface area contributed by atoms with E-state index in [1.807, 2.05) is 0 Å². The number of rotatable bonds is 2. The Balaban J connectivity index is 2.60. The molecule has 3 nitrogen and oxygen atoms in total. The van der Waals surface area contributed by atoms with E-state index >= 15 is 0 Å². The largest absolute Gasteiger partial charge is 0.301 e. The molecule has 6 N–H and O–H groups in total. The van der Waals surface area contributed by atoms with Crippen molar-refractivity contribution in [3.05, 3.63) is 0 Å². The third-order valence-electron chi connectivity index (χ3n) is 2.45. The molecule has 0 amide bonds. The third-order valence-corrected chi connectivity index (χ3v) is 2.45. The predicted octanol–water partition coefficient (Wildman–Crippen LogP) is -0.293. The molecule has 0 spiro atoms. The van der Waals surface area contributed by atoms with E-state index in [4.69, 9.17) is 17.2 Å². The molecule has 0 aromatic rings. The standard InChI is InChI=1S/C6H15N3/c1-2-5(3-4-5)6(7,8)9/h2-4,7-9H2,1H3. The second-order valence-electron chi connectivity index (χ2n) is 3.07. The maximum atomic E-state index is 5.54. The predicted molar refractivity (Wildman–Crippen MR) is 37.3 cm³/mol. The van der Waals surface area contributed by atoms with E-state index in [0.29, 0.717) is 0 Å². The molecule has 54 valence electrons. The molecule has 1 saturated carbocycles. The first-order valence-corrected chi connectivity index (χ1v) is 3.38. The van der Waals surface area contributed by atoms with Crippen molar-refractivity contribution in [3.63, 3.8) is 0 Å². The van der Waals surface area contributed by atoms with Crippen molar-refractivity contribution in [2.75, 3.05) is 0 Å². The van der Waals surface area contributed by atoms with Gasteiger partial charge in [0.1, 0.15) is 5.79 Å². The molecule has 0 unspecified atom stereocenters. The van der Waals surface area contributed by atoms with Crippen LogP contribution in [-0.2, 0) is 0 Å². The fraction of sp³-hybridized carbons (Fsp3) is 1.00. The summed E-state index contributed by atoms with van der Waals surface area (Å²) in [5, 5.41) is 0. The quantitative estimate of drug-likeness (QED) is 0.448. The van der Waals surface area contributed by atoms with Gasteiger partial charge in [-0.2, -0.15) is 0 Å². The zero-order valence-electron chi connectivity index (χ0n) is 5.85. The Morgan fingerprint density at radius 2 is 1.78 bits per heavy atom. The molecule has 1 fully saturated rings. The van der Waals surface area contributed by atoms with Gasteiger partial charge in [0.2, 0.25) is 0 Å². The topological polar surface area (TPSA) is 78.1 Å². The number of nitrogens with two attached hydrogens (primary N) is 3. The van der Waals surface area contributed by atoms with E-state index in [-0.39, 0.29) is 5.41 Å². The summed E-state index contributed by atoms with van der Waals surface area (Å²) in [5.74, 6) is -0.943. The normalized spacial score (nSPS) is 24.0. The molecular formula is C6H15N3. The summed E-state index contributed by atoms with van der Waals surface area (Å²) in [6.07, 6.45) is 3.18. The first kappa shape index (κ1) is 6.99. The highest BCUT2D eigenvalue weighted by Crippen LogP contribution is 2.51. The Kier molecular flexibility index (Phi) is 1.31. The highest BCUT2D eigenvalue weighted by Gasteiger charge is 2.52. The molecule has 0 atom stereocenters. The first-order valence-electron chi connectivity index (χ1n) is 3.38. The summed E-state index contributed by atoms with van der Waals surface area (Å²) in [4.78, 5) is 0. The molecule has 3 heteroatoms. The summed E-state index contributed by atoms with van der Waals surface area (Å²) < 4.78 is 0. The zero-order chi connectivity index (χ0) is 7.12. The molecule has 0 saturated heterocycles. The van der Waals surface area contributed by atoms with Gasteiger partial charge in [0.15, 0.2) is 0 Å². The van der Waals surface area contributed by atoms with Gasteiger partial charge < -0.3 is 17.2 Å². The van der Waals surface area contributed by atoms with Crippen LogP contribution in [0.15, 0.2) is 0 Å². The molecule has 9 heavy (non-hydrogen) atoms. The Morgan fingerprint density at radius 3 is 1.78 bits per heavy atom. The van der Waals surface area contributed by atoms with Crippen molar-refractivity contribution in [3.8, 4) is 0 Å². The van der Waals surface area contributed by atoms with Crippen LogP contribution in [-0.4, -0.2) is 5.79 Å². The van der Waals surface area contributed by atoms with Gasteiger partial charge in [-0.15, -0.1) is 0 Å². The van der Waals surface area contributed by atoms with Crippen molar-refractivity contribution in [2.24, 2.45) is 22.6 Å². The first-order chi connectivity index (χ1) is 4.02. The van der Waals surface area contributed by atoms with Crippen molar-refractivity contribution in [1.29, 1.82) is 0 Å². The highest BCUT2D eigenvalue weighted by molar-refractivity contribution is 5.04. The molecular weight excluding hydrogens is 114 g/mol. The lowest BCUT2D eigenvalue weighted by molar-refractivity contribution is 0.253. The second-order valence-corrected chi connectivity index (χ2v) is 3.07. The van der Waals surface area contributed by atoms with Crippen LogP contribution in [0.1, 0.15) is 26.2 Å². The fourth-order valence-corrected chi connectivity index (χ4v) is 1.24. The van der Waals surface area contributed by atoms with E-state index < -0.39 is 5.79 Å². The molecule has 1 rings (SSSR count). The minimum atomic E-state index is -0.943. The number of hydrogen-bond acceptors (Lipinski definition) is 3. The summed E-state index contributed by atoms with van der Waals surface area (Å²) in [7, 11) is 0. The highest BCUT2D eigenvalue weighted by atomic mass is 15.2. The van der Waals surface area contributed by atoms with Gasteiger partial charge in [0.05, 0.1) is 0 Å². The van der Waals surface area contributed by atoms with Gasteiger partial charge in [-0.05, 0) is 19.3 Å². The van der Waals surface area contributed by atoms with Crippen LogP contribution in [0.2, 0.25) is 0 Å². The molecule has 1 aliphatic carbocycles. The van der Waals surface area contributed by atoms with Crippen molar-refractivity contribution >= 4 is 0 Å². The van der Waals surface area contributed by atoms with Gasteiger partial charge in [-0.1, -0.05) is 6.92 Å². The summed E-state index contributed by atoms with van der Waals surface area (Å²) >= 11 is 0. The van der Waals surface area contributed by atoms with Gasteiger partial charge in [-0.25, -0.2) is 0 Å². The zero-order valence-corrected chi connectivity index (χ0v) is 5.85. The molecule has 1 aliphatic rings. The van der Waals surface area contributed by atoms with Crippen LogP contribution in [0.5, 0.6) is 0 Å². The molecule has 0 aliphatic heterocycles. The lowest BCUT2D eigenvalue weighted by atomic mass is 9.96. The van der Waals surface area contributed by atoms with Crippen molar-refractivity contribution < 1.29 is 0 Å². The molecule has 0 heterocycles. The smallest absolute Gasteiger partial charge is 0.121 e. The lowest BCUT2D eigenvalue weighted by Gasteiger charge is -2.28. The molecule has 0 aromatic carbocycles. The van der Waals surface area contributed by atoms with Crippen molar-refractivity contribution in [1.82, 2.24) is 0 Å².